The lowest BCUT2D eigenvalue weighted by Gasteiger charge is -2.34. The van der Waals surface area contributed by atoms with Crippen molar-refractivity contribution in [3.05, 3.63) is 93.1 Å². The van der Waals surface area contributed by atoms with Gasteiger partial charge in [-0.1, -0.05) is 29.8 Å². The monoisotopic (exact) mass is 575 g/mol. The lowest BCUT2D eigenvalue weighted by molar-refractivity contribution is 0.102. The molecule has 0 atom stereocenters. The topological polar surface area (TPSA) is 69.7 Å². The molecule has 0 unspecified atom stereocenters. The third kappa shape index (κ3) is 6.00. The summed E-state index contributed by atoms with van der Waals surface area (Å²) in [7, 11) is -3.47. The normalized spacial score (nSPS) is 15.3. The maximum atomic E-state index is 12.9. The van der Waals surface area contributed by atoms with Crippen LogP contribution in [0.4, 0.5) is 5.69 Å². The molecule has 0 aromatic heterocycles. The fourth-order valence-corrected chi connectivity index (χ4v) is 5.57. The number of anilines is 1. The van der Waals surface area contributed by atoms with E-state index in [-0.39, 0.29) is 5.91 Å². The Balaban J connectivity index is 1.35. The van der Waals surface area contributed by atoms with Gasteiger partial charge in [0.1, 0.15) is 0 Å². The minimum absolute atomic E-state index is 0.146. The van der Waals surface area contributed by atoms with Gasteiger partial charge in [0.15, 0.2) is 0 Å². The standard InChI is InChI=1S/C25H26IN3O3S/c1-19-5-11-24(12-6-19)33(31,32)29-15-13-28(14-16-29)18-20-3-2-4-21(17-20)25(30)27-23-9-7-22(26)8-10-23/h2-12,17H,13-16,18H2,1H3,(H,27,30). The minimum atomic E-state index is -3.47. The second-order valence-corrected chi connectivity index (χ2v) is 11.3. The molecule has 8 heteroatoms. The van der Waals surface area contributed by atoms with Gasteiger partial charge < -0.3 is 5.32 Å². The fraction of sp³-hybridized carbons (Fsp3) is 0.240. The number of amides is 1. The highest BCUT2D eigenvalue weighted by molar-refractivity contribution is 14.1. The summed E-state index contributed by atoms with van der Waals surface area (Å²) in [6.07, 6.45) is 0. The van der Waals surface area contributed by atoms with Gasteiger partial charge in [-0.3, -0.25) is 9.69 Å². The first-order chi connectivity index (χ1) is 15.8. The van der Waals surface area contributed by atoms with E-state index in [9.17, 15) is 13.2 Å². The Bertz CT molecular complexity index is 1220. The molecule has 1 fully saturated rings. The van der Waals surface area contributed by atoms with Crippen molar-refractivity contribution in [1.29, 1.82) is 0 Å². The van der Waals surface area contributed by atoms with Crippen LogP contribution in [0.5, 0.6) is 0 Å². The molecule has 1 aliphatic rings. The predicted molar refractivity (Wildman–Crippen MR) is 139 cm³/mol. The number of nitrogens with zero attached hydrogens (tertiary/aromatic N) is 2. The molecule has 3 aromatic rings. The number of hydrogen-bond donors (Lipinski definition) is 1. The van der Waals surface area contributed by atoms with Crippen LogP contribution >= 0.6 is 22.6 Å². The summed E-state index contributed by atoms with van der Waals surface area (Å²) in [4.78, 5) is 15.2. The van der Waals surface area contributed by atoms with Crippen molar-refractivity contribution in [2.75, 3.05) is 31.5 Å². The summed E-state index contributed by atoms with van der Waals surface area (Å²) in [5.41, 5.74) is 3.43. The number of benzene rings is 3. The van der Waals surface area contributed by atoms with E-state index in [1.165, 1.54) is 0 Å². The van der Waals surface area contributed by atoms with E-state index in [4.69, 9.17) is 0 Å². The average molecular weight is 575 g/mol. The van der Waals surface area contributed by atoms with E-state index in [2.05, 4.69) is 32.8 Å². The van der Waals surface area contributed by atoms with Crippen LogP contribution in [-0.4, -0.2) is 49.7 Å². The maximum Gasteiger partial charge on any atom is 0.255 e. The first kappa shape index (κ1) is 23.9. The van der Waals surface area contributed by atoms with Crippen LogP contribution in [0.1, 0.15) is 21.5 Å². The number of piperazine rings is 1. The molecule has 1 heterocycles. The SMILES string of the molecule is Cc1ccc(S(=O)(=O)N2CCN(Cc3cccc(C(=O)Nc4ccc(I)cc4)c3)CC2)cc1. The number of rotatable bonds is 6. The fourth-order valence-electron chi connectivity index (χ4n) is 3.79. The zero-order valence-corrected chi connectivity index (χ0v) is 21.3. The maximum absolute atomic E-state index is 12.9. The Kier molecular flexibility index (Phi) is 7.48. The van der Waals surface area contributed by atoms with Gasteiger partial charge in [0.2, 0.25) is 10.0 Å². The second kappa shape index (κ2) is 10.3. The average Bonchev–Trinajstić information content (AvgIpc) is 2.81. The largest absolute Gasteiger partial charge is 0.322 e. The highest BCUT2D eigenvalue weighted by Gasteiger charge is 2.28. The molecule has 1 aliphatic heterocycles. The van der Waals surface area contributed by atoms with Gasteiger partial charge in [-0.15, -0.1) is 0 Å². The first-order valence-corrected chi connectivity index (χ1v) is 13.3. The summed E-state index contributed by atoms with van der Waals surface area (Å²) < 4.78 is 28.5. The minimum Gasteiger partial charge on any atom is -0.322 e. The number of hydrogen-bond acceptors (Lipinski definition) is 4. The van der Waals surface area contributed by atoms with Crippen molar-refractivity contribution in [1.82, 2.24) is 9.21 Å². The van der Waals surface area contributed by atoms with E-state index in [0.717, 1.165) is 20.4 Å². The summed E-state index contributed by atoms with van der Waals surface area (Å²) in [6, 6.07) is 22.2. The lowest BCUT2D eigenvalue weighted by atomic mass is 10.1. The molecule has 3 aromatic carbocycles. The lowest BCUT2D eigenvalue weighted by Crippen LogP contribution is -2.48. The molecule has 33 heavy (non-hydrogen) atoms. The van der Waals surface area contributed by atoms with Crippen LogP contribution in [0.25, 0.3) is 0 Å². The molecule has 1 saturated heterocycles. The van der Waals surface area contributed by atoms with Crippen molar-refractivity contribution in [2.24, 2.45) is 0 Å². The van der Waals surface area contributed by atoms with Gasteiger partial charge in [-0.05, 0) is 83.6 Å². The van der Waals surface area contributed by atoms with E-state index >= 15 is 0 Å². The first-order valence-electron chi connectivity index (χ1n) is 10.8. The van der Waals surface area contributed by atoms with E-state index in [0.29, 0.717) is 43.2 Å². The molecule has 0 bridgehead atoms. The zero-order chi connectivity index (χ0) is 23.4. The van der Waals surface area contributed by atoms with Crippen LogP contribution < -0.4 is 5.32 Å². The second-order valence-electron chi connectivity index (χ2n) is 8.15. The van der Waals surface area contributed by atoms with E-state index < -0.39 is 10.0 Å². The van der Waals surface area contributed by atoms with Gasteiger partial charge >= 0.3 is 0 Å². The van der Waals surface area contributed by atoms with E-state index in [1.807, 2.05) is 61.5 Å². The Morgan fingerprint density at radius 3 is 2.27 bits per heavy atom. The molecule has 1 amide bonds. The number of aryl methyl sites for hydroxylation is 1. The number of nitrogens with one attached hydrogen (secondary N) is 1. The van der Waals surface area contributed by atoms with Crippen LogP contribution in [0.15, 0.2) is 77.7 Å². The molecule has 0 spiro atoms. The van der Waals surface area contributed by atoms with Crippen LogP contribution in [0.2, 0.25) is 0 Å². The van der Waals surface area contributed by atoms with Crippen LogP contribution in [-0.2, 0) is 16.6 Å². The van der Waals surface area contributed by atoms with Gasteiger partial charge in [-0.25, -0.2) is 8.42 Å². The van der Waals surface area contributed by atoms with Crippen molar-refractivity contribution < 1.29 is 13.2 Å². The zero-order valence-electron chi connectivity index (χ0n) is 18.4. The highest BCUT2D eigenvalue weighted by Crippen LogP contribution is 2.20. The Labute approximate surface area is 208 Å². The molecular formula is C25H26IN3O3S. The van der Waals surface area contributed by atoms with Crippen molar-refractivity contribution in [3.63, 3.8) is 0 Å². The molecule has 6 nitrogen and oxygen atoms in total. The number of halogens is 1. The molecule has 0 saturated carbocycles. The molecule has 172 valence electrons. The molecule has 1 N–H and O–H groups in total. The number of carbonyl (C=O) groups excluding carboxylic acids is 1. The molecular weight excluding hydrogens is 549 g/mol. The van der Waals surface area contributed by atoms with Gasteiger partial charge in [0.25, 0.3) is 5.91 Å². The Hall–Kier alpha value is -2.27. The van der Waals surface area contributed by atoms with Crippen molar-refractivity contribution in [3.8, 4) is 0 Å². The van der Waals surface area contributed by atoms with Crippen LogP contribution in [0.3, 0.4) is 0 Å². The van der Waals surface area contributed by atoms with E-state index in [1.54, 1.807) is 22.5 Å². The van der Waals surface area contributed by atoms with Crippen molar-refractivity contribution in [2.45, 2.75) is 18.4 Å². The van der Waals surface area contributed by atoms with Crippen molar-refractivity contribution >= 4 is 44.2 Å². The molecule has 0 radical (unpaired) electrons. The predicted octanol–water partition coefficient (Wildman–Crippen LogP) is 4.36. The summed E-state index contributed by atoms with van der Waals surface area (Å²) in [5, 5.41) is 2.93. The van der Waals surface area contributed by atoms with Gasteiger partial charge in [-0.2, -0.15) is 4.31 Å². The van der Waals surface area contributed by atoms with Gasteiger partial charge in [0, 0.05) is 47.5 Å². The molecule has 4 rings (SSSR count). The third-order valence-electron chi connectivity index (χ3n) is 5.69. The number of carbonyl (C=O) groups is 1. The Morgan fingerprint density at radius 2 is 1.61 bits per heavy atom. The van der Waals surface area contributed by atoms with Gasteiger partial charge in [0.05, 0.1) is 4.90 Å². The summed E-state index contributed by atoms with van der Waals surface area (Å²) in [5.74, 6) is -0.146. The summed E-state index contributed by atoms with van der Waals surface area (Å²) in [6.45, 7) is 4.79. The Morgan fingerprint density at radius 1 is 0.939 bits per heavy atom. The highest BCUT2D eigenvalue weighted by atomic mass is 127. The quantitative estimate of drug-likeness (QED) is 0.444. The third-order valence-corrected chi connectivity index (χ3v) is 8.32. The smallest absolute Gasteiger partial charge is 0.255 e. The molecule has 0 aliphatic carbocycles. The number of sulfonamides is 1. The summed E-state index contributed by atoms with van der Waals surface area (Å²) >= 11 is 2.23. The van der Waals surface area contributed by atoms with Crippen LogP contribution in [0, 0.1) is 10.5 Å².